The fourth-order valence-electron chi connectivity index (χ4n) is 3.38. The average Bonchev–Trinajstić information content (AvgIpc) is 3.01. The van der Waals surface area contributed by atoms with Crippen LogP contribution in [-0.2, 0) is 4.79 Å². The van der Waals surface area contributed by atoms with Gasteiger partial charge in [0.15, 0.2) is 0 Å². The lowest BCUT2D eigenvalue weighted by molar-refractivity contribution is -0.127. The highest BCUT2D eigenvalue weighted by Gasteiger charge is 2.42. The maximum atomic E-state index is 12.3. The molecule has 3 nitrogen and oxygen atoms in total. The molecule has 2 fully saturated rings. The fourth-order valence-corrected chi connectivity index (χ4v) is 4.18. The van der Waals surface area contributed by atoms with Gasteiger partial charge in [-0.15, -0.1) is 11.8 Å². The second-order valence-electron chi connectivity index (χ2n) is 6.07. The van der Waals surface area contributed by atoms with Gasteiger partial charge in [0.1, 0.15) is 0 Å². The van der Waals surface area contributed by atoms with Gasteiger partial charge in [0.25, 0.3) is 0 Å². The van der Waals surface area contributed by atoms with E-state index >= 15 is 0 Å². The van der Waals surface area contributed by atoms with Crippen molar-refractivity contribution in [3.8, 4) is 0 Å². The molecule has 1 aromatic rings. The number of benzene rings is 1. The van der Waals surface area contributed by atoms with Crippen LogP contribution < -0.4 is 5.73 Å². The number of amides is 1. The van der Waals surface area contributed by atoms with E-state index in [9.17, 15) is 4.79 Å². The zero-order valence-electron chi connectivity index (χ0n) is 11.9. The molecule has 0 radical (unpaired) electrons. The van der Waals surface area contributed by atoms with E-state index in [2.05, 4.69) is 31.2 Å². The quantitative estimate of drug-likeness (QED) is 0.869. The number of hydrogen-bond acceptors (Lipinski definition) is 3. The van der Waals surface area contributed by atoms with E-state index in [1.807, 2.05) is 4.90 Å². The second-order valence-corrected chi connectivity index (χ2v) is 7.11. The highest BCUT2D eigenvalue weighted by atomic mass is 32.2. The van der Waals surface area contributed by atoms with Crippen molar-refractivity contribution in [3.63, 3.8) is 0 Å². The number of likely N-dealkylation sites (tertiary alicyclic amines) is 1. The Morgan fingerprint density at radius 1 is 1.30 bits per heavy atom. The first-order valence-corrected chi connectivity index (χ1v) is 8.35. The number of nitrogens with zero attached hydrogens (tertiary/aromatic N) is 1. The largest absolute Gasteiger partial charge is 0.341 e. The predicted octanol–water partition coefficient (Wildman–Crippen LogP) is 2.28. The third-order valence-corrected chi connectivity index (χ3v) is 5.65. The van der Waals surface area contributed by atoms with Crippen LogP contribution in [0, 0.1) is 18.8 Å². The first kappa shape index (κ1) is 14.0. The molecule has 2 aliphatic rings. The van der Waals surface area contributed by atoms with Crippen molar-refractivity contribution in [2.24, 2.45) is 17.6 Å². The molecule has 3 unspecified atom stereocenters. The molecule has 1 saturated heterocycles. The summed E-state index contributed by atoms with van der Waals surface area (Å²) in [7, 11) is 0. The monoisotopic (exact) mass is 290 g/mol. The normalized spacial score (nSPS) is 28.7. The Labute approximate surface area is 124 Å². The first-order valence-electron chi connectivity index (χ1n) is 7.36. The van der Waals surface area contributed by atoms with Gasteiger partial charge in [-0.05, 0) is 43.7 Å². The molecular weight excluding hydrogens is 268 g/mol. The minimum absolute atomic E-state index is 0.261. The van der Waals surface area contributed by atoms with Crippen LogP contribution in [0.2, 0.25) is 0 Å². The average molecular weight is 290 g/mol. The molecule has 2 N–H and O–H groups in total. The molecule has 1 aromatic carbocycles. The van der Waals surface area contributed by atoms with Crippen molar-refractivity contribution in [1.29, 1.82) is 0 Å². The summed E-state index contributed by atoms with van der Waals surface area (Å²) in [6.07, 6.45) is 2.33. The number of thioether (sulfide) groups is 1. The van der Waals surface area contributed by atoms with E-state index in [0.29, 0.717) is 23.6 Å². The van der Waals surface area contributed by atoms with Crippen molar-refractivity contribution < 1.29 is 4.79 Å². The number of carbonyl (C=O) groups excluding carboxylic acids is 1. The van der Waals surface area contributed by atoms with E-state index in [1.165, 1.54) is 16.9 Å². The first-order chi connectivity index (χ1) is 9.63. The van der Waals surface area contributed by atoms with Gasteiger partial charge in [0, 0.05) is 24.0 Å². The van der Waals surface area contributed by atoms with Gasteiger partial charge in [-0.3, -0.25) is 4.79 Å². The van der Waals surface area contributed by atoms with Crippen LogP contribution in [0.3, 0.4) is 0 Å². The molecule has 3 atom stereocenters. The maximum Gasteiger partial charge on any atom is 0.232 e. The molecule has 108 valence electrons. The van der Waals surface area contributed by atoms with Gasteiger partial charge < -0.3 is 10.6 Å². The highest BCUT2D eigenvalue weighted by molar-refractivity contribution is 8.00. The van der Waals surface area contributed by atoms with Gasteiger partial charge in [0.2, 0.25) is 5.91 Å². The summed E-state index contributed by atoms with van der Waals surface area (Å²) in [5, 5.41) is 0. The number of nitrogens with two attached hydrogens (primary N) is 1. The minimum Gasteiger partial charge on any atom is -0.341 e. The summed E-state index contributed by atoms with van der Waals surface area (Å²) < 4.78 is 0. The molecule has 1 aliphatic heterocycles. The van der Waals surface area contributed by atoms with Gasteiger partial charge in [-0.2, -0.15) is 0 Å². The molecule has 1 saturated carbocycles. The molecule has 0 aromatic heterocycles. The zero-order valence-corrected chi connectivity index (χ0v) is 12.7. The fraction of sp³-hybridized carbons (Fsp3) is 0.562. The van der Waals surface area contributed by atoms with Gasteiger partial charge in [0.05, 0.1) is 5.75 Å². The molecule has 1 aliphatic carbocycles. The molecule has 0 spiro atoms. The van der Waals surface area contributed by atoms with Crippen LogP contribution in [0.15, 0.2) is 29.2 Å². The summed E-state index contributed by atoms with van der Waals surface area (Å²) >= 11 is 1.63. The molecular formula is C16H22N2OS. The SMILES string of the molecule is Cc1ccc(SCC(=O)N2CC3CCC(N)C3C2)cc1. The summed E-state index contributed by atoms with van der Waals surface area (Å²) in [6.45, 7) is 3.87. The van der Waals surface area contributed by atoms with Crippen LogP contribution in [0.25, 0.3) is 0 Å². The van der Waals surface area contributed by atoms with Crippen LogP contribution >= 0.6 is 11.8 Å². The Kier molecular flexibility index (Phi) is 4.03. The lowest BCUT2D eigenvalue weighted by Gasteiger charge is -2.18. The van der Waals surface area contributed by atoms with Gasteiger partial charge in [-0.25, -0.2) is 0 Å². The zero-order chi connectivity index (χ0) is 14.1. The highest BCUT2D eigenvalue weighted by Crippen LogP contribution is 2.37. The lowest BCUT2D eigenvalue weighted by Crippen LogP contribution is -2.34. The molecule has 1 amide bonds. The summed E-state index contributed by atoms with van der Waals surface area (Å²) in [6, 6.07) is 8.66. The van der Waals surface area contributed by atoms with Crippen molar-refractivity contribution in [2.75, 3.05) is 18.8 Å². The lowest BCUT2D eigenvalue weighted by atomic mass is 9.98. The summed E-state index contributed by atoms with van der Waals surface area (Å²) in [5.41, 5.74) is 7.37. The van der Waals surface area contributed by atoms with Crippen LogP contribution in [0.5, 0.6) is 0 Å². The number of aryl methyl sites for hydroxylation is 1. The summed E-state index contributed by atoms with van der Waals surface area (Å²) in [5.74, 6) is 2.00. The van der Waals surface area contributed by atoms with Crippen LogP contribution in [-0.4, -0.2) is 35.7 Å². The van der Waals surface area contributed by atoms with E-state index in [-0.39, 0.29) is 5.91 Å². The maximum absolute atomic E-state index is 12.3. The van der Waals surface area contributed by atoms with Crippen molar-refractivity contribution in [3.05, 3.63) is 29.8 Å². The Bertz CT molecular complexity index is 488. The topological polar surface area (TPSA) is 46.3 Å². The molecule has 3 rings (SSSR count). The van der Waals surface area contributed by atoms with Crippen molar-refractivity contribution in [2.45, 2.75) is 30.7 Å². The second kappa shape index (κ2) is 5.78. The molecule has 1 heterocycles. The third kappa shape index (κ3) is 2.86. The summed E-state index contributed by atoms with van der Waals surface area (Å²) in [4.78, 5) is 15.5. The van der Waals surface area contributed by atoms with E-state index in [1.54, 1.807) is 11.8 Å². The Balaban J connectivity index is 1.52. The number of rotatable bonds is 3. The van der Waals surface area contributed by atoms with E-state index in [0.717, 1.165) is 19.5 Å². The van der Waals surface area contributed by atoms with Gasteiger partial charge >= 0.3 is 0 Å². The third-order valence-electron chi connectivity index (χ3n) is 4.65. The van der Waals surface area contributed by atoms with Crippen LogP contribution in [0.4, 0.5) is 0 Å². The number of hydrogen-bond donors (Lipinski definition) is 1. The molecule has 0 bridgehead atoms. The van der Waals surface area contributed by atoms with Gasteiger partial charge in [-0.1, -0.05) is 17.7 Å². The van der Waals surface area contributed by atoms with E-state index in [4.69, 9.17) is 5.73 Å². The van der Waals surface area contributed by atoms with E-state index < -0.39 is 0 Å². The van der Waals surface area contributed by atoms with Crippen molar-refractivity contribution in [1.82, 2.24) is 4.90 Å². The number of fused-ring (bicyclic) bond motifs is 1. The molecule has 4 heteroatoms. The smallest absolute Gasteiger partial charge is 0.232 e. The molecule has 20 heavy (non-hydrogen) atoms. The number of carbonyl (C=O) groups is 1. The van der Waals surface area contributed by atoms with Crippen LogP contribution in [0.1, 0.15) is 18.4 Å². The Hall–Kier alpha value is -1.00. The van der Waals surface area contributed by atoms with Crippen molar-refractivity contribution >= 4 is 17.7 Å². The predicted molar refractivity (Wildman–Crippen MR) is 82.7 cm³/mol. The Morgan fingerprint density at radius 3 is 2.75 bits per heavy atom. The Morgan fingerprint density at radius 2 is 2.05 bits per heavy atom. The standard InChI is InChI=1S/C16H22N2OS/c1-11-2-5-13(6-3-11)20-10-16(19)18-8-12-4-7-15(17)14(12)9-18/h2-3,5-6,12,14-15H,4,7-10,17H2,1H3. The minimum atomic E-state index is 0.261.